The Morgan fingerprint density at radius 3 is 1.63 bits per heavy atom. The van der Waals surface area contributed by atoms with Crippen molar-refractivity contribution in [1.29, 1.82) is 0 Å². The summed E-state index contributed by atoms with van der Waals surface area (Å²) in [4.78, 5) is 0. The second kappa shape index (κ2) is 5.86. The maximum atomic E-state index is 12.6. The van der Waals surface area contributed by atoms with Gasteiger partial charge < -0.3 is 0 Å². The van der Waals surface area contributed by atoms with E-state index in [9.17, 15) is 34.8 Å². The molecule has 116 valence electrons. The summed E-state index contributed by atoms with van der Waals surface area (Å²) in [5.74, 6) is -4.66. The van der Waals surface area contributed by atoms with Crippen molar-refractivity contribution in [2.45, 2.75) is 44.3 Å². The van der Waals surface area contributed by atoms with E-state index in [-0.39, 0.29) is 0 Å². The summed E-state index contributed by atoms with van der Waals surface area (Å²) in [5, 5.41) is -1.78. The third kappa shape index (κ3) is 6.46. The van der Waals surface area contributed by atoms with Gasteiger partial charge in [0.25, 0.3) is 10.1 Å². The molecular formula is C9H14F6O3S. The van der Waals surface area contributed by atoms with E-state index in [4.69, 9.17) is 4.55 Å². The van der Waals surface area contributed by atoms with Gasteiger partial charge in [-0.05, 0) is 19.8 Å². The van der Waals surface area contributed by atoms with Crippen LogP contribution in [0.4, 0.5) is 26.3 Å². The van der Waals surface area contributed by atoms with E-state index in [2.05, 4.69) is 0 Å². The molecular weight excluding hydrogens is 302 g/mol. The van der Waals surface area contributed by atoms with Crippen LogP contribution in [0.2, 0.25) is 0 Å². The molecule has 19 heavy (non-hydrogen) atoms. The zero-order chi connectivity index (χ0) is 15.6. The van der Waals surface area contributed by atoms with E-state index >= 15 is 0 Å². The van der Waals surface area contributed by atoms with Gasteiger partial charge in [0.1, 0.15) is 0 Å². The Hall–Kier alpha value is -0.510. The Kier molecular flexibility index (Phi) is 5.70. The zero-order valence-electron chi connectivity index (χ0n) is 10.1. The number of halogens is 6. The van der Waals surface area contributed by atoms with Crippen LogP contribution in [0.25, 0.3) is 0 Å². The largest absolute Gasteiger partial charge is 0.391 e. The van der Waals surface area contributed by atoms with Gasteiger partial charge in [0, 0.05) is 0 Å². The van der Waals surface area contributed by atoms with Gasteiger partial charge in [-0.2, -0.15) is 34.8 Å². The Balaban J connectivity index is 4.97. The van der Waals surface area contributed by atoms with Crippen molar-refractivity contribution >= 4 is 10.1 Å². The first-order valence-electron chi connectivity index (χ1n) is 5.25. The molecule has 3 unspecified atom stereocenters. The minimum Gasteiger partial charge on any atom is -0.285 e. The van der Waals surface area contributed by atoms with Gasteiger partial charge in [-0.1, -0.05) is 6.92 Å². The molecule has 0 saturated carbocycles. The lowest BCUT2D eigenvalue weighted by Crippen LogP contribution is -2.33. The second-order valence-corrected chi connectivity index (χ2v) is 6.31. The fraction of sp³-hybridized carbons (Fsp3) is 1.00. The molecule has 0 saturated heterocycles. The van der Waals surface area contributed by atoms with Crippen LogP contribution in [0.5, 0.6) is 0 Å². The molecule has 0 spiro atoms. The summed E-state index contributed by atoms with van der Waals surface area (Å²) >= 11 is 0. The standard InChI is InChI=1S/C9H14F6O3S/c1-5(8(10,11)12)3-7(9(13,14)15)4-6(2)19(16,17)18/h5-7H,3-4H2,1-2H3,(H,16,17,18). The van der Waals surface area contributed by atoms with Crippen molar-refractivity contribution in [2.75, 3.05) is 0 Å². The van der Waals surface area contributed by atoms with Crippen molar-refractivity contribution in [2.24, 2.45) is 11.8 Å². The van der Waals surface area contributed by atoms with Gasteiger partial charge in [0.2, 0.25) is 0 Å². The molecule has 0 aromatic carbocycles. The van der Waals surface area contributed by atoms with E-state index in [1.54, 1.807) is 0 Å². The third-order valence-electron chi connectivity index (χ3n) is 2.78. The van der Waals surface area contributed by atoms with Gasteiger partial charge in [0.05, 0.1) is 17.1 Å². The topological polar surface area (TPSA) is 54.4 Å². The van der Waals surface area contributed by atoms with Crippen LogP contribution < -0.4 is 0 Å². The van der Waals surface area contributed by atoms with E-state index in [1.165, 1.54) is 0 Å². The molecule has 0 aliphatic carbocycles. The molecule has 0 radical (unpaired) electrons. The first-order valence-corrected chi connectivity index (χ1v) is 6.75. The van der Waals surface area contributed by atoms with Gasteiger partial charge in [-0.15, -0.1) is 0 Å². The summed E-state index contributed by atoms with van der Waals surface area (Å²) < 4.78 is 104. The lowest BCUT2D eigenvalue weighted by Gasteiger charge is -2.26. The molecule has 0 heterocycles. The quantitative estimate of drug-likeness (QED) is 0.624. The predicted octanol–water partition coefficient (Wildman–Crippen LogP) is 3.42. The highest BCUT2D eigenvalue weighted by Crippen LogP contribution is 2.39. The van der Waals surface area contributed by atoms with Crippen LogP contribution in [0, 0.1) is 11.8 Å². The molecule has 0 aromatic heterocycles. The molecule has 10 heteroatoms. The number of hydrogen-bond acceptors (Lipinski definition) is 2. The SMILES string of the molecule is CC(CC(CC(C)S(=O)(=O)O)C(F)(F)F)C(F)(F)F. The molecule has 1 N–H and O–H groups in total. The minimum absolute atomic E-state index is 0.594. The highest BCUT2D eigenvalue weighted by molar-refractivity contribution is 7.86. The first kappa shape index (κ1) is 18.5. The summed E-state index contributed by atoms with van der Waals surface area (Å²) in [6, 6.07) is 0. The van der Waals surface area contributed by atoms with Gasteiger partial charge in [-0.25, -0.2) is 0 Å². The fourth-order valence-corrected chi connectivity index (χ4v) is 1.92. The Morgan fingerprint density at radius 2 is 1.37 bits per heavy atom. The maximum Gasteiger partial charge on any atom is 0.391 e. The zero-order valence-corrected chi connectivity index (χ0v) is 10.9. The number of alkyl halides is 6. The molecule has 3 nitrogen and oxygen atoms in total. The van der Waals surface area contributed by atoms with Crippen LogP contribution in [0.15, 0.2) is 0 Å². The number of rotatable bonds is 5. The molecule has 0 aliphatic rings. The molecule has 0 fully saturated rings. The van der Waals surface area contributed by atoms with E-state index < -0.39 is 52.4 Å². The predicted molar refractivity (Wildman–Crippen MR) is 55.0 cm³/mol. The maximum absolute atomic E-state index is 12.6. The van der Waals surface area contributed by atoms with Crippen molar-refractivity contribution < 1.29 is 39.3 Å². The van der Waals surface area contributed by atoms with Crippen molar-refractivity contribution in [3.63, 3.8) is 0 Å². The molecule has 0 rings (SSSR count). The minimum atomic E-state index is -4.96. The van der Waals surface area contributed by atoms with Gasteiger partial charge >= 0.3 is 12.4 Å². The molecule has 0 aromatic rings. The fourth-order valence-electron chi connectivity index (χ4n) is 1.45. The molecule has 3 atom stereocenters. The van der Waals surface area contributed by atoms with E-state index in [1.807, 2.05) is 0 Å². The van der Waals surface area contributed by atoms with Crippen LogP contribution in [-0.2, 0) is 10.1 Å². The third-order valence-corrected chi connectivity index (χ3v) is 3.99. The Bertz CT molecular complexity index is 386. The van der Waals surface area contributed by atoms with Crippen LogP contribution in [0.1, 0.15) is 26.7 Å². The van der Waals surface area contributed by atoms with Gasteiger partial charge in [-0.3, -0.25) is 4.55 Å². The summed E-state index contributed by atoms with van der Waals surface area (Å²) in [6.07, 6.45) is -12.1. The first-order chi connectivity index (χ1) is 8.15. The molecule has 0 bridgehead atoms. The summed E-state index contributed by atoms with van der Waals surface area (Å²) in [6.45, 7) is 1.41. The normalized spacial score (nSPS) is 19.0. The Labute approximate surface area is 106 Å². The van der Waals surface area contributed by atoms with Crippen molar-refractivity contribution in [3.8, 4) is 0 Å². The smallest absolute Gasteiger partial charge is 0.285 e. The summed E-state index contributed by atoms with van der Waals surface area (Å²) in [7, 11) is -4.71. The van der Waals surface area contributed by atoms with E-state index in [0.717, 1.165) is 6.92 Å². The molecule has 0 amide bonds. The van der Waals surface area contributed by atoms with Crippen LogP contribution in [-0.4, -0.2) is 30.6 Å². The second-order valence-electron chi connectivity index (χ2n) is 4.48. The van der Waals surface area contributed by atoms with Crippen molar-refractivity contribution in [1.82, 2.24) is 0 Å². The average Bonchev–Trinajstić information content (AvgIpc) is 2.11. The van der Waals surface area contributed by atoms with Gasteiger partial charge in [0.15, 0.2) is 0 Å². The summed E-state index contributed by atoms with van der Waals surface area (Å²) in [5.41, 5.74) is 0. The van der Waals surface area contributed by atoms with E-state index in [0.29, 0.717) is 6.92 Å². The average molecular weight is 316 g/mol. The number of hydrogen-bond donors (Lipinski definition) is 1. The molecule has 0 aliphatic heterocycles. The highest BCUT2D eigenvalue weighted by Gasteiger charge is 2.46. The monoisotopic (exact) mass is 316 g/mol. The van der Waals surface area contributed by atoms with Crippen molar-refractivity contribution in [3.05, 3.63) is 0 Å². The van der Waals surface area contributed by atoms with Crippen LogP contribution >= 0.6 is 0 Å². The lowest BCUT2D eigenvalue weighted by atomic mass is 9.91. The lowest BCUT2D eigenvalue weighted by molar-refractivity contribution is -0.208. The Morgan fingerprint density at radius 1 is 0.947 bits per heavy atom. The highest BCUT2D eigenvalue weighted by atomic mass is 32.2. The van der Waals surface area contributed by atoms with Crippen LogP contribution in [0.3, 0.4) is 0 Å².